The first kappa shape index (κ1) is 16.5. The molecule has 0 fully saturated rings. The van der Waals surface area contributed by atoms with E-state index in [1.807, 2.05) is 0 Å². The molecule has 0 unspecified atom stereocenters. The van der Waals surface area contributed by atoms with E-state index in [0.717, 1.165) is 0 Å². The summed E-state index contributed by atoms with van der Waals surface area (Å²) in [6.07, 6.45) is -0.678. The maximum absolute atomic E-state index is 11.3. The standard InChI is InChI=1S/C16H14Cl2O4/c1-10(16(19)20-2)21-12-4-6-13(7-5-12)22-15-8-3-11(17)9-14(15)18/h3-10H,1-2H3/t10-/m1/s1. The van der Waals surface area contributed by atoms with Crippen LogP contribution in [0, 0.1) is 0 Å². The zero-order valence-corrected chi connectivity index (χ0v) is 13.5. The fraction of sp³-hybridized carbons (Fsp3) is 0.188. The van der Waals surface area contributed by atoms with Crippen LogP contribution < -0.4 is 9.47 Å². The molecule has 0 aliphatic rings. The topological polar surface area (TPSA) is 44.8 Å². The number of carbonyl (C=O) groups excluding carboxylic acids is 1. The van der Waals surface area contributed by atoms with Gasteiger partial charge in [0.2, 0.25) is 0 Å². The lowest BCUT2D eigenvalue weighted by atomic mass is 10.3. The maximum atomic E-state index is 11.3. The van der Waals surface area contributed by atoms with Crippen molar-refractivity contribution in [3.8, 4) is 17.2 Å². The molecule has 0 spiro atoms. The van der Waals surface area contributed by atoms with Crippen LogP contribution >= 0.6 is 23.2 Å². The summed E-state index contributed by atoms with van der Waals surface area (Å²) < 4.78 is 15.7. The Balaban J connectivity index is 2.04. The van der Waals surface area contributed by atoms with Gasteiger partial charge in [-0.05, 0) is 49.4 Å². The molecule has 0 N–H and O–H groups in total. The van der Waals surface area contributed by atoms with Crippen molar-refractivity contribution in [2.75, 3.05) is 7.11 Å². The van der Waals surface area contributed by atoms with Crippen LogP contribution in [0.25, 0.3) is 0 Å². The average Bonchev–Trinajstić information content (AvgIpc) is 2.51. The number of esters is 1. The van der Waals surface area contributed by atoms with Gasteiger partial charge in [-0.3, -0.25) is 0 Å². The molecule has 2 rings (SSSR count). The maximum Gasteiger partial charge on any atom is 0.346 e. The molecule has 0 aliphatic heterocycles. The van der Waals surface area contributed by atoms with Crippen molar-refractivity contribution < 1.29 is 19.0 Å². The Bertz CT molecular complexity index is 656. The molecule has 2 aromatic rings. The molecule has 0 bridgehead atoms. The SMILES string of the molecule is COC(=O)[C@@H](C)Oc1ccc(Oc2ccc(Cl)cc2Cl)cc1. The molecular formula is C16H14Cl2O4. The predicted molar refractivity (Wildman–Crippen MR) is 85.1 cm³/mol. The number of benzene rings is 2. The second-order valence-corrected chi connectivity index (χ2v) is 5.28. The Labute approximate surface area is 138 Å². The number of hydrogen-bond donors (Lipinski definition) is 0. The van der Waals surface area contributed by atoms with Crippen LogP contribution in [0.15, 0.2) is 42.5 Å². The predicted octanol–water partition coefficient (Wildman–Crippen LogP) is 4.73. The largest absolute Gasteiger partial charge is 0.479 e. The number of hydrogen-bond acceptors (Lipinski definition) is 4. The Morgan fingerprint density at radius 2 is 1.68 bits per heavy atom. The Hall–Kier alpha value is -1.91. The third-order valence-corrected chi connectivity index (χ3v) is 3.32. The molecule has 22 heavy (non-hydrogen) atoms. The summed E-state index contributed by atoms with van der Waals surface area (Å²) in [7, 11) is 1.31. The van der Waals surface area contributed by atoms with Gasteiger partial charge in [-0.2, -0.15) is 0 Å². The van der Waals surface area contributed by atoms with Gasteiger partial charge in [0.25, 0.3) is 0 Å². The number of methoxy groups -OCH3 is 1. The molecule has 1 atom stereocenters. The van der Waals surface area contributed by atoms with Crippen molar-refractivity contribution >= 4 is 29.2 Å². The molecular weight excluding hydrogens is 327 g/mol. The van der Waals surface area contributed by atoms with Crippen molar-refractivity contribution in [3.05, 3.63) is 52.5 Å². The molecule has 6 heteroatoms. The first-order valence-corrected chi connectivity index (χ1v) is 7.22. The molecule has 116 valence electrons. The Kier molecular flexibility index (Phi) is 5.52. The van der Waals surface area contributed by atoms with Crippen LogP contribution in [-0.2, 0) is 9.53 Å². The van der Waals surface area contributed by atoms with E-state index in [9.17, 15) is 4.79 Å². The van der Waals surface area contributed by atoms with E-state index in [0.29, 0.717) is 27.3 Å². The van der Waals surface area contributed by atoms with E-state index in [-0.39, 0.29) is 0 Å². The van der Waals surface area contributed by atoms with Gasteiger partial charge in [0.05, 0.1) is 12.1 Å². The van der Waals surface area contributed by atoms with E-state index < -0.39 is 12.1 Å². The van der Waals surface area contributed by atoms with Gasteiger partial charge in [0.15, 0.2) is 6.10 Å². The molecule has 0 heterocycles. The lowest BCUT2D eigenvalue weighted by Gasteiger charge is -2.13. The highest BCUT2D eigenvalue weighted by Gasteiger charge is 2.14. The minimum Gasteiger partial charge on any atom is -0.479 e. The molecule has 4 nitrogen and oxygen atoms in total. The highest BCUT2D eigenvalue weighted by Crippen LogP contribution is 2.32. The highest BCUT2D eigenvalue weighted by molar-refractivity contribution is 6.35. The molecule has 0 saturated heterocycles. The fourth-order valence-corrected chi connectivity index (χ4v) is 2.14. The summed E-state index contributed by atoms with van der Waals surface area (Å²) in [6.45, 7) is 1.61. The van der Waals surface area contributed by atoms with Gasteiger partial charge in [0.1, 0.15) is 17.2 Å². The monoisotopic (exact) mass is 340 g/mol. The first-order chi connectivity index (χ1) is 10.5. The van der Waals surface area contributed by atoms with Crippen LogP contribution in [0.4, 0.5) is 0 Å². The number of rotatable bonds is 5. The van der Waals surface area contributed by atoms with Crippen LogP contribution in [-0.4, -0.2) is 19.2 Å². The highest BCUT2D eigenvalue weighted by atomic mass is 35.5. The lowest BCUT2D eigenvalue weighted by molar-refractivity contribution is -0.147. The summed E-state index contributed by atoms with van der Waals surface area (Å²) in [6, 6.07) is 11.8. The van der Waals surface area contributed by atoms with Crippen molar-refractivity contribution in [1.82, 2.24) is 0 Å². The van der Waals surface area contributed by atoms with Crippen LogP contribution in [0.1, 0.15) is 6.92 Å². The third-order valence-electron chi connectivity index (χ3n) is 2.79. The minimum atomic E-state index is -0.678. The normalized spacial score (nSPS) is 11.6. The number of carbonyl (C=O) groups is 1. The zero-order valence-electron chi connectivity index (χ0n) is 12.0. The van der Waals surface area contributed by atoms with E-state index in [1.165, 1.54) is 7.11 Å². The molecule has 2 aromatic carbocycles. The quantitative estimate of drug-likeness (QED) is 0.738. The summed E-state index contributed by atoms with van der Waals surface area (Å²) in [4.78, 5) is 11.3. The minimum absolute atomic E-state index is 0.423. The first-order valence-electron chi connectivity index (χ1n) is 6.47. The van der Waals surface area contributed by atoms with Gasteiger partial charge in [-0.1, -0.05) is 23.2 Å². The van der Waals surface area contributed by atoms with E-state index in [1.54, 1.807) is 49.4 Å². The molecule has 0 aliphatic carbocycles. The fourth-order valence-electron chi connectivity index (χ4n) is 1.69. The smallest absolute Gasteiger partial charge is 0.346 e. The second kappa shape index (κ2) is 7.38. The zero-order chi connectivity index (χ0) is 16.1. The van der Waals surface area contributed by atoms with Gasteiger partial charge >= 0.3 is 5.97 Å². The summed E-state index contributed by atoms with van der Waals surface area (Å²) in [5, 5.41) is 0.963. The van der Waals surface area contributed by atoms with Crippen LogP contribution in [0.5, 0.6) is 17.2 Å². The summed E-state index contributed by atoms with van der Waals surface area (Å²) in [5.74, 6) is 1.19. The van der Waals surface area contributed by atoms with Gasteiger partial charge in [-0.25, -0.2) is 4.79 Å². The van der Waals surface area contributed by atoms with E-state index in [2.05, 4.69) is 4.74 Å². The van der Waals surface area contributed by atoms with Crippen LogP contribution in [0.3, 0.4) is 0 Å². The van der Waals surface area contributed by atoms with E-state index >= 15 is 0 Å². The number of halogens is 2. The number of ether oxygens (including phenoxy) is 3. The van der Waals surface area contributed by atoms with Gasteiger partial charge in [-0.15, -0.1) is 0 Å². The molecule has 0 aromatic heterocycles. The lowest BCUT2D eigenvalue weighted by Crippen LogP contribution is -2.24. The molecule has 0 amide bonds. The van der Waals surface area contributed by atoms with Gasteiger partial charge in [0, 0.05) is 5.02 Å². The van der Waals surface area contributed by atoms with E-state index in [4.69, 9.17) is 32.7 Å². The summed E-state index contributed by atoms with van der Waals surface area (Å²) in [5.41, 5.74) is 0. The summed E-state index contributed by atoms with van der Waals surface area (Å²) >= 11 is 11.9. The van der Waals surface area contributed by atoms with Crippen molar-refractivity contribution in [2.24, 2.45) is 0 Å². The Morgan fingerprint density at radius 1 is 1.05 bits per heavy atom. The average molecular weight is 341 g/mol. The van der Waals surface area contributed by atoms with Crippen molar-refractivity contribution in [1.29, 1.82) is 0 Å². The van der Waals surface area contributed by atoms with Crippen molar-refractivity contribution in [2.45, 2.75) is 13.0 Å². The van der Waals surface area contributed by atoms with Gasteiger partial charge < -0.3 is 14.2 Å². The second-order valence-electron chi connectivity index (χ2n) is 4.43. The van der Waals surface area contributed by atoms with Crippen molar-refractivity contribution in [3.63, 3.8) is 0 Å². The molecule has 0 radical (unpaired) electrons. The third kappa shape index (κ3) is 4.29. The molecule has 0 saturated carbocycles. The Morgan fingerprint density at radius 3 is 2.27 bits per heavy atom. The van der Waals surface area contributed by atoms with Crippen LogP contribution in [0.2, 0.25) is 10.0 Å².